The van der Waals surface area contributed by atoms with Crippen molar-refractivity contribution in [1.82, 2.24) is 0 Å². The van der Waals surface area contributed by atoms with Gasteiger partial charge in [-0.2, -0.15) is 0 Å². The number of anilines is 3. The molecule has 0 saturated heterocycles. The summed E-state index contributed by atoms with van der Waals surface area (Å²) in [5.74, 6) is 2.31. The first kappa shape index (κ1) is 25.9. The molecule has 182 valence electrons. The molecule has 0 bridgehead atoms. The lowest BCUT2D eigenvalue weighted by Crippen LogP contribution is -2.20. The van der Waals surface area contributed by atoms with Crippen LogP contribution in [0.2, 0.25) is 0 Å². The number of rotatable bonds is 11. The first-order valence-electron chi connectivity index (χ1n) is 12.6. The van der Waals surface area contributed by atoms with E-state index < -0.39 is 0 Å². The molecule has 4 heteroatoms. The zero-order valence-corrected chi connectivity index (χ0v) is 24.0. The monoisotopic (exact) mass is 475 g/mol. The molecule has 3 rings (SSSR count). The lowest BCUT2D eigenvalue weighted by atomic mass is 9.97. The Bertz CT molecular complexity index is 1010. The number of hydrogen-bond donors (Lipinski definition) is 0. The molecule has 3 aromatic carbocycles. The summed E-state index contributed by atoms with van der Waals surface area (Å²) in [7, 11) is 1.14. The Balaban J connectivity index is 1.95. The smallest absolute Gasteiger partial charge is 0.119 e. The van der Waals surface area contributed by atoms with Crippen LogP contribution in [0.15, 0.2) is 72.8 Å². The SMILES string of the molecule is CCC(C)Oc1ccc(N(c2ccc(OCC(C)C)cc2)c2ccc(C(C)([SiH3])CC)cc2)cc1. The normalized spacial score (nSPS) is 14.0. The molecule has 0 heterocycles. The molecule has 0 aliphatic carbocycles. The third-order valence-corrected chi connectivity index (χ3v) is 7.76. The summed E-state index contributed by atoms with van der Waals surface area (Å²) in [5.41, 5.74) is 4.76. The zero-order chi connectivity index (χ0) is 24.7. The van der Waals surface area contributed by atoms with Crippen molar-refractivity contribution < 1.29 is 9.47 Å². The summed E-state index contributed by atoms with van der Waals surface area (Å²) < 4.78 is 11.9. The van der Waals surface area contributed by atoms with Crippen LogP contribution in [0.4, 0.5) is 17.1 Å². The van der Waals surface area contributed by atoms with Crippen molar-refractivity contribution in [3.8, 4) is 11.5 Å². The molecule has 0 N–H and O–H groups in total. The van der Waals surface area contributed by atoms with Crippen molar-refractivity contribution in [3.63, 3.8) is 0 Å². The van der Waals surface area contributed by atoms with E-state index in [9.17, 15) is 0 Å². The van der Waals surface area contributed by atoms with Crippen molar-refractivity contribution >= 4 is 27.3 Å². The molecule has 0 amide bonds. The molecule has 0 radical (unpaired) electrons. The Morgan fingerprint density at radius 2 is 1.24 bits per heavy atom. The summed E-state index contributed by atoms with van der Waals surface area (Å²) in [6, 6.07) is 25.9. The van der Waals surface area contributed by atoms with Crippen molar-refractivity contribution in [1.29, 1.82) is 0 Å². The van der Waals surface area contributed by atoms with E-state index in [2.05, 4.69) is 119 Å². The molecular weight excluding hydrogens is 434 g/mol. The molecule has 2 unspecified atom stereocenters. The molecule has 0 spiro atoms. The number of ether oxygens (including phenoxy) is 2. The van der Waals surface area contributed by atoms with Gasteiger partial charge in [0.2, 0.25) is 0 Å². The number of hydrogen-bond acceptors (Lipinski definition) is 3. The first-order chi connectivity index (χ1) is 16.2. The largest absolute Gasteiger partial charge is 0.493 e. The van der Waals surface area contributed by atoms with E-state index in [4.69, 9.17) is 9.47 Å². The molecule has 0 aromatic heterocycles. The summed E-state index contributed by atoms with van der Waals surface area (Å²) in [5, 5.41) is 0.299. The second-order valence-corrected chi connectivity index (χ2v) is 12.4. The highest BCUT2D eigenvalue weighted by Crippen LogP contribution is 2.37. The molecule has 0 aliphatic rings. The van der Waals surface area contributed by atoms with E-state index >= 15 is 0 Å². The van der Waals surface area contributed by atoms with Crippen LogP contribution in [0.25, 0.3) is 0 Å². The lowest BCUT2D eigenvalue weighted by molar-refractivity contribution is 0.217. The van der Waals surface area contributed by atoms with Crippen molar-refractivity contribution in [2.75, 3.05) is 11.5 Å². The fourth-order valence-corrected chi connectivity index (χ4v) is 3.99. The Labute approximate surface area is 209 Å². The Kier molecular flexibility index (Phi) is 8.84. The molecule has 0 aliphatic heterocycles. The predicted octanol–water partition coefficient (Wildman–Crippen LogP) is 7.36. The van der Waals surface area contributed by atoms with Gasteiger partial charge in [0, 0.05) is 27.3 Å². The fourth-order valence-electron chi connectivity index (χ4n) is 3.66. The van der Waals surface area contributed by atoms with E-state index in [-0.39, 0.29) is 6.10 Å². The zero-order valence-electron chi connectivity index (χ0n) is 22.0. The topological polar surface area (TPSA) is 21.7 Å². The Hall–Kier alpha value is -2.72. The van der Waals surface area contributed by atoms with Crippen molar-refractivity contribution in [2.45, 2.75) is 65.5 Å². The summed E-state index contributed by atoms with van der Waals surface area (Å²) >= 11 is 0. The first-order valence-corrected chi connectivity index (χ1v) is 13.6. The molecule has 0 fully saturated rings. The molecular formula is C30H41NO2Si. The van der Waals surface area contributed by atoms with Gasteiger partial charge in [-0.15, -0.1) is 0 Å². The van der Waals surface area contributed by atoms with Gasteiger partial charge >= 0.3 is 0 Å². The maximum Gasteiger partial charge on any atom is 0.119 e. The van der Waals surface area contributed by atoms with Gasteiger partial charge in [0.25, 0.3) is 0 Å². The summed E-state index contributed by atoms with van der Waals surface area (Å²) in [6.07, 6.45) is 2.36. The number of nitrogens with zero attached hydrogens (tertiary/aromatic N) is 1. The van der Waals surface area contributed by atoms with Crippen LogP contribution in [-0.2, 0) is 5.04 Å². The Morgan fingerprint density at radius 1 is 0.765 bits per heavy atom. The van der Waals surface area contributed by atoms with E-state index in [1.165, 1.54) is 5.56 Å². The molecule has 0 saturated carbocycles. The van der Waals surface area contributed by atoms with Crippen LogP contribution >= 0.6 is 0 Å². The quantitative estimate of drug-likeness (QED) is 0.270. The van der Waals surface area contributed by atoms with Crippen LogP contribution in [0.1, 0.15) is 59.9 Å². The van der Waals surface area contributed by atoms with Gasteiger partial charge in [-0.1, -0.05) is 53.2 Å². The van der Waals surface area contributed by atoms with Gasteiger partial charge < -0.3 is 14.4 Å². The van der Waals surface area contributed by atoms with Crippen LogP contribution in [0.3, 0.4) is 0 Å². The minimum absolute atomic E-state index is 0.207. The lowest BCUT2D eigenvalue weighted by Gasteiger charge is -2.28. The third-order valence-electron chi connectivity index (χ3n) is 6.48. The van der Waals surface area contributed by atoms with Crippen LogP contribution < -0.4 is 14.4 Å². The maximum absolute atomic E-state index is 6.01. The Morgan fingerprint density at radius 3 is 1.68 bits per heavy atom. The highest BCUT2D eigenvalue weighted by Gasteiger charge is 2.19. The fraction of sp³-hybridized carbons (Fsp3) is 0.400. The van der Waals surface area contributed by atoms with Gasteiger partial charge in [-0.3, -0.25) is 0 Å². The van der Waals surface area contributed by atoms with Gasteiger partial charge in [0.05, 0.1) is 12.7 Å². The highest BCUT2D eigenvalue weighted by molar-refractivity contribution is 6.15. The standard InChI is InChI=1S/C30H41NO2Si/c1-7-23(5)33-29-19-15-27(16-20-29)31(25-11-9-24(10-12-25)30(6,34)8-2)26-13-17-28(18-14-26)32-21-22(3)4/h9-20,22-23H,7-8,21H2,1-6,34H3. The van der Waals surface area contributed by atoms with Crippen molar-refractivity contribution in [2.24, 2.45) is 5.92 Å². The van der Waals surface area contributed by atoms with Gasteiger partial charge in [-0.05, 0) is 90.5 Å². The average molecular weight is 476 g/mol. The predicted molar refractivity (Wildman–Crippen MR) is 149 cm³/mol. The van der Waals surface area contributed by atoms with E-state index in [1.807, 2.05) is 0 Å². The summed E-state index contributed by atoms with van der Waals surface area (Å²) in [6.45, 7) is 13.9. The highest BCUT2D eigenvalue weighted by atomic mass is 28.1. The van der Waals surface area contributed by atoms with E-state index in [0.29, 0.717) is 11.0 Å². The van der Waals surface area contributed by atoms with Gasteiger partial charge in [0.15, 0.2) is 0 Å². The van der Waals surface area contributed by atoms with Gasteiger partial charge in [0.1, 0.15) is 11.5 Å². The van der Waals surface area contributed by atoms with Gasteiger partial charge in [-0.25, -0.2) is 0 Å². The van der Waals surface area contributed by atoms with Crippen LogP contribution in [0, 0.1) is 5.92 Å². The minimum atomic E-state index is 0.207. The van der Waals surface area contributed by atoms with Crippen LogP contribution in [0.5, 0.6) is 11.5 Å². The van der Waals surface area contributed by atoms with Crippen molar-refractivity contribution in [3.05, 3.63) is 78.4 Å². The maximum atomic E-state index is 6.01. The minimum Gasteiger partial charge on any atom is -0.493 e. The third kappa shape index (κ3) is 6.66. The molecule has 3 aromatic rings. The van der Waals surface area contributed by atoms with Crippen LogP contribution in [-0.4, -0.2) is 23.0 Å². The molecule has 34 heavy (non-hydrogen) atoms. The summed E-state index contributed by atoms with van der Waals surface area (Å²) in [4.78, 5) is 2.29. The van der Waals surface area contributed by atoms with E-state index in [1.54, 1.807) is 0 Å². The second kappa shape index (κ2) is 11.6. The van der Waals surface area contributed by atoms with E-state index in [0.717, 1.165) is 58.3 Å². The second-order valence-electron chi connectivity index (χ2n) is 10.1. The average Bonchev–Trinajstić information content (AvgIpc) is 2.85. The molecule has 2 atom stereocenters. The number of benzene rings is 3. The molecule has 3 nitrogen and oxygen atoms in total.